The van der Waals surface area contributed by atoms with Crippen molar-refractivity contribution in [1.29, 1.82) is 0 Å². The molecule has 0 bridgehead atoms. The summed E-state index contributed by atoms with van der Waals surface area (Å²) >= 11 is 2.32. The predicted octanol–water partition coefficient (Wildman–Crippen LogP) is 0.854. The Morgan fingerprint density at radius 2 is 2.22 bits per heavy atom. The van der Waals surface area contributed by atoms with E-state index >= 15 is 0 Å². The molecule has 0 saturated carbocycles. The van der Waals surface area contributed by atoms with Crippen LogP contribution in [-0.2, 0) is 9.47 Å². The van der Waals surface area contributed by atoms with Gasteiger partial charge in [-0.1, -0.05) is 0 Å². The summed E-state index contributed by atoms with van der Waals surface area (Å²) < 4.78 is 12.0. The molecule has 2 aliphatic heterocycles. The minimum absolute atomic E-state index is 0.403. The van der Waals surface area contributed by atoms with Gasteiger partial charge in [0, 0.05) is 3.58 Å². The monoisotopic (exact) mass is 236 g/mol. The fourth-order valence-electron chi connectivity index (χ4n) is 1.38. The van der Waals surface area contributed by atoms with Crippen LogP contribution in [0.3, 0.4) is 0 Å². The first-order valence-corrected chi connectivity index (χ1v) is 4.12. The van der Waals surface area contributed by atoms with Crippen molar-refractivity contribution in [2.24, 2.45) is 0 Å². The molecule has 0 aromatic heterocycles. The molecule has 9 heavy (non-hydrogen) atoms. The summed E-state index contributed by atoms with van der Waals surface area (Å²) in [6.45, 7) is 0. The highest BCUT2D eigenvalue weighted by Gasteiger charge is 2.61. The van der Waals surface area contributed by atoms with Crippen molar-refractivity contribution in [3.63, 3.8) is 0 Å². The summed E-state index contributed by atoms with van der Waals surface area (Å²) in [6.07, 6.45) is 3.83. The number of fused-ring (bicyclic) bond motifs is 3. The third-order valence-corrected chi connectivity index (χ3v) is 2.98. The van der Waals surface area contributed by atoms with Gasteiger partial charge in [0.15, 0.2) is 0 Å². The molecule has 0 aromatic carbocycles. The lowest BCUT2D eigenvalue weighted by Crippen LogP contribution is -2.09. The molecule has 3 heteroatoms. The van der Waals surface area contributed by atoms with E-state index in [1.54, 1.807) is 0 Å². The van der Waals surface area contributed by atoms with Crippen LogP contribution in [0.1, 0.15) is 0 Å². The van der Waals surface area contributed by atoms with Crippen molar-refractivity contribution >= 4 is 22.6 Å². The maximum Gasteiger partial charge on any atom is 0.118 e. The molecule has 2 fully saturated rings. The molecule has 2 saturated heterocycles. The normalized spacial score (nSPS) is 59.4. The van der Waals surface area contributed by atoms with E-state index in [0.717, 1.165) is 0 Å². The molecule has 3 rings (SSSR count). The molecule has 1 aliphatic carbocycles. The molecular formula is C6H5IO2. The molecule has 0 unspecified atom stereocenters. The van der Waals surface area contributed by atoms with Crippen molar-refractivity contribution in [1.82, 2.24) is 0 Å². The zero-order chi connectivity index (χ0) is 6.01. The van der Waals surface area contributed by atoms with Gasteiger partial charge in [-0.3, -0.25) is 0 Å². The van der Waals surface area contributed by atoms with Gasteiger partial charge in [0.1, 0.15) is 24.4 Å². The third-order valence-electron chi connectivity index (χ3n) is 2.01. The Bertz CT molecular complexity index is 201. The summed E-state index contributed by atoms with van der Waals surface area (Å²) in [5, 5.41) is 0. The number of epoxide rings is 2. The van der Waals surface area contributed by atoms with Crippen LogP contribution in [0.5, 0.6) is 0 Å². The molecule has 0 spiro atoms. The zero-order valence-electron chi connectivity index (χ0n) is 4.58. The average molecular weight is 236 g/mol. The summed E-state index contributed by atoms with van der Waals surface area (Å²) in [6, 6.07) is 0. The van der Waals surface area contributed by atoms with Crippen LogP contribution in [0.4, 0.5) is 0 Å². The highest BCUT2D eigenvalue weighted by molar-refractivity contribution is 14.1. The Labute approximate surface area is 66.3 Å². The van der Waals surface area contributed by atoms with E-state index in [2.05, 4.69) is 28.7 Å². The summed E-state index contributed by atoms with van der Waals surface area (Å²) in [5.41, 5.74) is 0. The second-order valence-electron chi connectivity index (χ2n) is 2.64. The maximum atomic E-state index is 5.34. The molecular weight excluding hydrogens is 231 g/mol. The molecule has 2 heterocycles. The summed E-state index contributed by atoms with van der Waals surface area (Å²) in [7, 11) is 0. The first kappa shape index (κ1) is 5.09. The van der Waals surface area contributed by atoms with Gasteiger partial charge in [-0.2, -0.15) is 0 Å². The maximum absolute atomic E-state index is 5.34. The lowest BCUT2D eigenvalue weighted by Gasteiger charge is -1.93. The van der Waals surface area contributed by atoms with E-state index in [-0.39, 0.29) is 0 Å². The van der Waals surface area contributed by atoms with E-state index in [4.69, 9.17) is 9.47 Å². The number of hydrogen-bond acceptors (Lipinski definition) is 2. The molecule has 2 nitrogen and oxygen atoms in total. The Morgan fingerprint density at radius 1 is 1.33 bits per heavy atom. The quantitative estimate of drug-likeness (QED) is 0.460. The van der Waals surface area contributed by atoms with Crippen LogP contribution in [0.2, 0.25) is 0 Å². The summed E-state index contributed by atoms with van der Waals surface area (Å²) in [5.74, 6) is 0. The fraction of sp³-hybridized carbons (Fsp3) is 0.667. The van der Waals surface area contributed by atoms with Gasteiger partial charge in [0.05, 0.1) is 0 Å². The highest BCUT2D eigenvalue weighted by atomic mass is 127. The lowest BCUT2D eigenvalue weighted by molar-refractivity contribution is 0.313. The van der Waals surface area contributed by atoms with Crippen LogP contribution in [0.25, 0.3) is 0 Å². The van der Waals surface area contributed by atoms with Crippen molar-refractivity contribution in [3.8, 4) is 0 Å². The fourth-order valence-corrected chi connectivity index (χ4v) is 2.24. The highest BCUT2D eigenvalue weighted by Crippen LogP contribution is 2.49. The first-order chi connectivity index (χ1) is 4.36. The van der Waals surface area contributed by atoms with Crippen molar-refractivity contribution < 1.29 is 9.47 Å². The van der Waals surface area contributed by atoms with Crippen LogP contribution in [0.15, 0.2) is 9.66 Å². The van der Waals surface area contributed by atoms with Gasteiger partial charge in [-0.15, -0.1) is 0 Å². The average Bonchev–Trinajstić information content (AvgIpc) is 2.54. The second-order valence-corrected chi connectivity index (χ2v) is 3.88. The standard InChI is InChI=1S/C6H5IO2/c7-2-1-3-5(8-3)6-4(2)9-6/h1,3-6H/t3-,4-,5-,6-/m1/s1. The van der Waals surface area contributed by atoms with Gasteiger partial charge in [0.2, 0.25) is 0 Å². The van der Waals surface area contributed by atoms with Crippen molar-refractivity contribution in [2.75, 3.05) is 0 Å². The second kappa shape index (κ2) is 1.35. The van der Waals surface area contributed by atoms with Crippen molar-refractivity contribution in [2.45, 2.75) is 24.4 Å². The van der Waals surface area contributed by atoms with E-state index in [1.165, 1.54) is 3.58 Å². The number of halogens is 1. The molecule has 4 atom stereocenters. The topological polar surface area (TPSA) is 25.1 Å². The van der Waals surface area contributed by atoms with Gasteiger partial charge in [-0.25, -0.2) is 0 Å². The minimum atomic E-state index is 0.403. The number of hydrogen-bond donors (Lipinski definition) is 0. The van der Waals surface area contributed by atoms with Crippen LogP contribution in [-0.4, -0.2) is 24.4 Å². The van der Waals surface area contributed by atoms with Crippen molar-refractivity contribution in [3.05, 3.63) is 9.66 Å². The molecule has 0 aromatic rings. The summed E-state index contributed by atoms with van der Waals surface area (Å²) in [4.78, 5) is 0. The minimum Gasteiger partial charge on any atom is -0.362 e. The van der Waals surface area contributed by atoms with E-state index in [0.29, 0.717) is 24.4 Å². The van der Waals surface area contributed by atoms with Gasteiger partial charge >= 0.3 is 0 Å². The smallest absolute Gasteiger partial charge is 0.118 e. The Kier molecular flexibility index (Phi) is 0.767. The molecule has 0 radical (unpaired) electrons. The van der Waals surface area contributed by atoms with Gasteiger partial charge in [-0.05, 0) is 28.7 Å². The Morgan fingerprint density at radius 3 is 3.11 bits per heavy atom. The third kappa shape index (κ3) is 0.576. The van der Waals surface area contributed by atoms with E-state index in [1.807, 2.05) is 0 Å². The van der Waals surface area contributed by atoms with Gasteiger partial charge < -0.3 is 9.47 Å². The molecule has 0 N–H and O–H groups in total. The Balaban J connectivity index is 2.03. The van der Waals surface area contributed by atoms with Crippen LogP contribution in [0, 0.1) is 0 Å². The Hall–Kier alpha value is 0.390. The van der Waals surface area contributed by atoms with E-state index in [9.17, 15) is 0 Å². The predicted molar refractivity (Wildman–Crippen MR) is 39.4 cm³/mol. The molecule has 0 amide bonds. The zero-order valence-corrected chi connectivity index (χ0v) is 6.74. The SMILES string of the molecule is IC1=C[C@H]2O[C@H]2[C@@H]2O[C@H]12. The molecule has 48 valence electrons. The number of rotatable bonds is 0. The number of ether oxygens (including phenoxy) is 2. The van der Waals surface area contributed by atoms with Crippen LogP contribution < -0.4 is 0 Å². The van der Waals surface area contributed by atoms with Gasteiger partial charge in [0.25, 0.3) is 0 Å². The molecule has 3 aliphatic rings. The first-order valence-electron chi connectivity index (χ1n) is 3.04. The lowest BCUT2D eigenvalue weighted by atomic mass is 10.1. The largest absolute Gasteiger partial charge is 0.362 e. The van der Waals surface area contributed by atoms with Crippen LogP contribution >= 0.6 is 22.6 Å². The van der Waals surface area contributed by atoms with E-state index < -0.39 is 0 Å².